The number of carboxylic acids is 2. The molecule has 0 aliphatic heterocycles. The van der Waals surface area contributed by atoms with Crippen molar-refractivity contribution in [2.45, 2.75) is 38.5 Å². The fourth-order valence-electron chi connectivity index (χ4n) is 5.02. The number of carbonyl (C=O) groups is 4. The number of esters is 2. The largest absolute Gasteiger partial charge is 0.480 e. The lowest BCUT2D eigenvalue weighted by molar-refractivity contribution is -0.178. The van der Waals surface area contributed by atoms with Crippen LogP contribution in [0.15, 0.2) is 23.3 Å². The van der Waals surface area contributed by atoms with Gasteiger partial charge in [0.2, 0.25) is 0 Å². The van der Waals surface area contributed by atoms with Gasteiger partial charge in [0, 0.05) is 0 Å². The monoisotopic (exact) mass is 346 g/mol. The van der Waals surface area contributed by atoms with Crippen molar-refractivity contribution < 1.29 is 34.1 Å². The van der Waals surface area contributed by atoms with Crippen LogP contribution in [0.4, 0.5) is 0 Å². The molecule has 4 unspecified atom stereocenters. The number of carboxylic acid groups (broad SMARTS) is 2. The van der Waals surface area contributed by atoms with Gasteiger partial charge in [-0.2, -0.15) is 0 Å². The van der Waals surface area contributed by atoms with Gasteiger partial charge in [-0.3, -0.25) is 9.59 Å². The van der Waals surface area contributed by atoms with Crippen LogP contribution >= 0.6 is 0 Å². The summed E-state index contributed by atoms with van der Waals surface area (Å²) >= 11 is 0. The number of fused-ring (bicyclic) bond motifs is 4. The van der Waals surface area contributed by atoms with Crippen LogP contribution in [0.5, 0.6) is 0 Å². The van der Waals surface area contributed by atoms with Crippen LogP contribution in [0, 0.1) is 22.7 Å². The van der Waals surface area contributed by atoms with Crippen molar-refractivity contribution in [2.75, 3.05) is 0 Å². The Morgan fingerprint density at radius 2 is 1.24 bits per heavy atom. The van der Waals surface area contributed by atoms with Crippen molar-refractivity contribution in [1.29, 1.82) is 0 Å². The SMILES string of the molecule is O=C(O)C1(C(=O)OC(=O)C2(C(=O)O)CC3CC=C2C3)CC2CC=C1C2. The maximum atomic E-state index is 12.7. The molecule has 0 aromatic heterocycles. The Bertz CT molecular complexity index is 712. The van der Waals surface area contributed by atoms with Crippen LogP contribution in [0.25, 0.3) is 0 Å². The molecule has 0 spiro atoms. The topological polar surface area (TPSA) is 118 Å². The first kappa shape index (κ1) is 16.1. The summed E-state index contributed by atoms with van der Waals surface area (Å²) in [6, 6.07) is 0. The van der Waals surface area contributed by atoms with Crippen molar-refractivity contribution in [3.8, 4) is 0 Å². The van der Waals surface area contributed by atoms with Gasteiger partial charge in [-0.15, -0.1) is 0 Å². The van der Waals surface area contributed by atoms with E-state index in [4.69, 9.17) is 4.74 Å². The van der Waals surface area contributed by atoms with Crippen LogP contribution in [-0.4, -0.2) is 34.1 Å². The van der Waals surface area contributed by atoms with Crippen molar-refractivity contribution in [3.05, 3.63) is 23.3 Å². The summed E-state index contributed by atoms with van der Waals surface area (Å²) in [5.74, 6) is -4.85. The second-order valence-electron chi connectivity index (χ2n) is 7.58. The molecule has 7 nitrogen and oxygen atoms in total. The molecule has 4 aliphatic rings. The quantitative estimate of drug-likeness (QED) is 0.451. The maximum absolute atomic E-state index is 12.7. The Morgan fingerprint density at radius 3 is 1.48 bits per heavy atom. The molecular weight excluding hydrogens is 328 g/mol. The molecule has 0 radical (unpaired) electrons. The smallest absolute Gasteiger partial charge is 0.335 e. The highest BCUT2D eigenvalue weighted by molar-refractivity contribution is 6.11. The van der Waals surface area contributed by atoms with E-state index in [0.717, 1.165) is 12.8 Å². The molecule has 4 atom stereocenters. The predicted molar refractivity (Wildman–Crippen MR) is 82.1 cm³/mol. The fourth-order valence-corrected chi connectivity index (χ4v) is 5.02. The predicted octanol–water partition coefficient (Wildman–Crippen LogP) is 1.68. The van der Waals surface area contributed by atoms with Crippen LogP contribution < -0.4 is 0 Å². The molecule has 2 saturated carbocycles. The summed E-state index contributed by atoms with van der Waals surface area (Å²) in [6.45, 7) is 0. The van der Waals surface area contributed by atoms with Crippen molar-refractivity contribution in [3.63, 3.8) is 0 Å². The molecule has 25 heavy (non-hydrogen) atoms. The highest BCUT2D eigenvalue weighted by Crippen LogP contribution is 2.55. The summed E-state index contributed by atoms with van der Waals surface area (Å²) in [5, 5.41) is 19.3. The van der Waals surface area contributed by atoms with E-state index in [1.54, 1.807) is 12.2 Å². The van der Waals surface area contributed by atoms with Crippen LogP contribution in [0.3, 0.4) is 0 Å². The van der Waals surface area contributed by atoms with E-state index in [9.17, 15) is 29.4 Å². The van der Waals surface area contributed by atoms with E-state index in [0.29, 0.717) is 24.0 Å². The lowest BCUT2D eigenvalue weighted by Gasteiger charge is -2.29. The third-order valence-corrected chi connectivity index (χ3v) is 6.31. The molecule has 4 aliphatic carbocycles. The second kappa shape index (κ2) is 5.03. The van der Waals surface area contributed by atoms with E-state index >= 15 is 0 Å². The van der Waals surface area contributed by atoms with Gasteiger partial charge in [0.1, 0.15) is 0 Å². The van der Waals surface area contributed by atoms with Crippen LogP contribution in [0.2, 0.25) is 0 Å². The minimum absolute atomic E-state index is 0.0624. The maximum Gasteiger partial charge on any atom is 0.335 e. The number of allylic oxidation sites excluding steroid dienone is 2. The van der Waals surface area contributed by atoms with Gasteiger partial charge >= 0.3 is 23.9 Å². The number of aliphatic carboxylic acids is 2. The Morgan fingerprint density at radius 1 is 0.840 bits per heavy atom. The lowest BCUT2D eigenvalue weighted by Crippen LogP contribution is -2.47. The highest BCUT2D eigenvalue weighted by Gasteiger charge is 2.62. The summed E-state index contributed by atoms with van der Waals surface area (Å²) in [7, 11) is 0. The Labute approximate surface area is 143 Å². The molecule has 0 aromatic rings. The van der Waals surface area contributed by atoms with E-state index in [2.05, 4.69) is 0 Å². The average Bonchev–Trinajstić information content (AvgIpc) is 3.32. The van der Waals surface area contributed by atoms with Gasteiger partial charge in [-0.05, 0) is 61.5 Å². The third-order valence-electron chi connectivity index (χ3n) is 6.31. The van der Waals surface area contributed by atoms with Gasteiger partial charge in [0.25, 0.3) is 0 Å². The zero-order valence-electron chi connectivity index (χ0n) is 13.5. The first-order valence-corrected chi connectivity index (χ1v) is 8.43. The number of carbonyl (C=O) groups excluding carboxylic acids is 2. The van der Waals surface area contributed by atoms with E-state index in [1.807, 2.05) is 0 Å². The summed E-state index contributed by atoms with van der Waals surface area (Å²) < 4.78 is 4.93. The highest BCUT2D eigenvalue weighted by atomic mass is 16.6. The zero-order valence-corrected chi connectivity index (χ0v) is 13.5. The van der Waals surface area contributed by atoms with E-state index in [1.165, 1.54) is 0 Å². The minimum atomic E-state index is -1.84. The van der Waals surface area contributed by atoms with Gasteiger partial charge in [-0.1, -0.05) is 12.2 Å². The van der Waals surface area contributed by atoms with Crippen molar-refractivity contribution in [1.82, 2.24) is 0 Å². The molecule has 2 fully saturated rings. The van der Waals surface area contributed by atoms with Crippen molar-refractivity contribution in [2.24, 2.45) is 22.7 Å². The molecule has 2 N–H and O–H groups in total. The Kier molecular flexibility index (Phi) is 3.23. The number of ether oxygens (including phenoxy) is 1. The number of hydrogen-bond donors (Lipinski definition) is 2. The Balaban J connectivity index is 1.63. The molecule has 0 amide bonds. The van der Waals surface area contributed by atoms with Crippen LogP contribution in [-0.2, 0) is 23.9 Å². The summed E-state index contributed by atoms with van der Waals surface area (Å²) in [5.41, 5.74) is -2.74. The van der Waals surface area contributed by atoms with Gasteiger partial charge in [0.05, 0.1) is 0 Å². The fraction of sp³-hybridized carbons (Fsp3) is 0.556. The standard InChI is InChI=1S/C18H18O7/c19-13(20)17(7-9-1-3-11(17)5-9)15(23)25-16(24)18(14(21)22)8-10-2-4-12(18)6-10/h3-4,9-10H,1-2,5-8H2,(H,19,20)(H,21,22). The molecule has 0 saturated heterocycles. The molecule has 0 heterocycles. The molecule has 4 rings (SSSR count). The van der Waals surface area contributed by atoms with E-state index in [-0.39, 0.29) is 24.7 Å². The lowest BCUT2D eigenvalue weighted by atomic mass is 9.77. The van der Waals surface area contributed by atoms with Crippen LogP contribution in [0.1, 0.15) is 38.5 Å². The van der Waals surface area contributed by atoms with Gasteiger partial charge in [-0.25, -0.2) is 9.59 Å². The summed E-state index contributed by atoms with van der Waals surface area (Å²) in [6.07, 6.45) is 6.11. The molecule has 4 bridgehead atoms. The molecule has 132 valence electrons. The average molecular weight is 346 g/mol. The van der Waals surface area contributed by atoms with Crippen molar-refractivity contribution >= 4 is 23.9 Å². The first-order chi connectivity index (χ1) is 11.8. The molecule has 0 aromatic carbocycles. The molecular formula is C18H18O7. The van der Waals surface area contributed by atoms with E-state index < -0.39 is 34.7 Å². The third kappa shape index (κ3) is 1.92. The minimum Gasteiger partial charge on any atom is -0.480 e. The Hall–Kier alpha value is -2.44. The second-order valence-corrected chi connectivity index (χ2v) is 7.58. The number of rotatable bonds is 4. The van der Waals surface area contributed by atoms with Gasteiger partial charge in [0.15, 0.2) is 10.8 Å². The zero-order chi connectivity index (χ0) is 18.0. The summed E-state index contributed by atoms with van der Waals surface area (Å²) in [4.78, 5) is 49.0. The first-order valence-electron chi connectivity index (χ1n) is 8.43. The molecule has 7 heteroatoms. The number of hydrogen-bond acceptors (Lipinski definition) is 5. The van der Waals surface area contributed by atoms with Gasteiger partial charge < -0.3 is 14.9 Å². The normalized spacial score (nSPS) is 37.6.